The Labute approximate surface area is 120 Å². The topological polar surface area (TPSA) is 73.2 Å². The number of hydrogen-bond donors (Lipinski definition) is 3. The van der Waals surface area contributed by atoms with E-state index in [1.165, 1.54) is 0 Å². The van der Waals surface area contributed by atoms with Crippen LogP contribution >= 0.6 is 0 Å². The second-order valence-corrected chi connectivity index (χ2v) is 4.97. The maximum atomic E-state index is 10.4. The Kier molecular flexibility index (Phi) is 6.95. The van der Waals surface area contributed by atoms with Gasteiger partial charge in [0.25, 0.3) is 0 Å². The summed E-state index contributed by atoms with van der Waals surface area (Å²) in [5.41, 5.74) is 2.79. The summed E-state index contributed by atoms with van der Waals surface area (Å²) in [4.78, 5) is 1.82. The normalized spacial score (nSPS) is 12.8. The Balaban J connectivity index is 2.92. The third-order valence-electron chi connectivity index (χ3n) is 3.27. The lowest BCUT2D eigenvalue weighted by molar-refractivity contribution is 0.0859. The minimum Gasteiger partial charge on any atom is -0.496 e. The molecular formula is C15H25NO4. The molecule has 3 N–H and O–H groups in total. The van der Waals surface area contributed by atoms with E-state index in [4.69, 9.17) is 14.9 Å². The van der Waals surface area contributed by atoms with Crippen molar-refractivity contribution >= 4 is 0 Å². The quantitative estimate of drug-likeness (QED) is 0.653. The number of aliphatic hydroxyl groups excluding tert-OH is 3. The van der Waals surface area contributed by atoms with Gasteiger partial charge in [-0.25, -0.2) is 0 Å². The molecule has 20 heavy (non-hydrogen) atoms. The fourth-order valence-corrected chi connectivity index (χ4v) is 2.43. The lowest BCUT2D eigenvalue weighted by atomic mass is 10.0. The van der Waals surface area contributed by atoms with Crippen molar-refractivity contribution < 1.29 is 20.1 Å². The third-order valence-corrected chi connectivity index (χ3v) is 3.27. The molecule has 0 amide bonds. The predicted molar refractivity (Wildman–Crippen MR) is 78.0 cm³/mol. The highest BCUT2D eigenvalue weighted by atomic mass is 16.5. The molecular weight excluding hydrogens is 258 g/mol. The predicted octanol–water partition coefficient (Wildman–Crippen LogP) is 0.632. The summed E-state index contributed by atoms with van der Waals surface area (Å²) in [5.74, 6) is 0.691. The van der Waals surface area contributed by atoms with E-state index in [1.54, 1.807) is 7.11 Å². The molecule has 0 aliphatic carbocycles. The number of aliphatic hydroxyl groups is 3. The maximum absolute atomic E-state index is 10.4. The molecule has 0 saturated carbocycles. The van der Waals surface area contributed by atoms with Crippen LogP contribution in [0.25, 0.3) is 0 Å². The van der Waals surface area contributed by atoms with Gasteiger partial charge in [-0.2, -0.15) is 0 Å². The van der Waals surface area contributed by atoms with E-state index in [0.29, 0.717) is 25.4 Å². The van der Waals surface area contributed by atoms with Gasteiger partial charge in [0.1, 0.15) is 5.75 Å². The molecule has 1 aromatic rings. The molecule has 0 bridgehead atoms. The van der Waals surface area contributed by atoms with Crippen LogP contribution in [0.1, 0.15) is 22.8 Å². The van der Waals surface area contributed by atoms with Crippen molar-refractivity contribution in [2.24, 2.45) is 0 Å². The van der Waals surface area contributed by atoms with E-state index >= 15 is 0 Å². The molecule has 0 aliphatic rings. The van der Waals surface area contributed by atoms with E-state index < -0.39 is 6.10 Å². The van der Waals surface area contributed by atoms with Crippen molar-refractivity contribution in [1.82, 2.24) is 4.90 Å². The molecule has 1 atom stereocenters. The van der Waals surface area contributed by atoms with Crippen LogP contribution in [-0.2, 0) is 0 Å². The Morgan fingerprint density at radius 2 is 1.75 bits per heavy atom. The average Bonchev–Trinajstić information content (AvgIpc) is 2.38. The lowest BCUT2D eigenvalue weighted by Gasteiger charge is -2.25. The Morgan fingerprint density at radius 3 is 2.25 bits per heavy atom. The number of ether oxygens (including phenoxy) is 1. The largest absolute Gasteiger partial charge is 0.496 e. The first-order valence-corrected chi connectivity index (χ1v) is 6.80. The first-order valence-electron chi connectivity index (χ1n) is 6.80. The SMILES string of the molecule is COc1c(C)cc(C)cc1C(O)CN(CCO)CCO. The van der Waals surface area contributed by atoms with Crippen molar-refractivity contribution in [2.75, 3.05) is 40.0 Å². The minimum atomic E-state index is -0.721. The van der Waals surface area contributed by atoms with Crippen LogP contribution in [0.2, 0.25) is 0 Å². The highest BCUT2D eigenvalue weighted by Crippen LogP contribution is 2.30. The van der Waals surface area contributed by atoms with Crippen molar-refractivity contribution in [3.05, 3.63) is 28.8 Å². The lowest BCUT2D eigenvalue weighted by Crippen LogP contribution is -2.33. The van der Waals surface area contributed by atoms with Gasteiger partial charge < -0.3 is 20.1 Å². The molecule has 0 heterocycles. The molecule has 0 spiro atoms. The summed E-state index contributed by atoms with van der Waals surface area (Å²) in [6, 6.07) is 3.92. The Bertz CT molecular complexity index is 417. The average molecular weight is 283 g/mol. The summed E-state index contributed by atoms with van der Waals surface area (Å²) in [6.45, 7) is 5.10. The molecule has 0 saturated heterocycles. The minimum absolute atomic E-state index is 0.00327. The smallest absolute Gasteiger partial charge is 0.127 e. The van der Waals surface area contributed by atoms with Gasteiger partial charge in [0.2, 0.25) is 0 Å². The third kappa shape index (κ3) is 4.45. The second-order valence-electron chi connectivity index (χ2n) is 4.97. The molecule has 5 nitrogen and oxygen atoms in total. The molecule has 1 rings (SSSR count). The van der Waals surface area contributed by atoms with E-state index in [-0.39, 0.29) is 13.2 Å². The van der Waals surface area contributed by atoms with Crippen molar-refractivity contribution in [3.63, 3.8) is 0 Å². The van der Waals surface area contributed by atoms with E-state index in [2.05, 4.69) is 0 Å². The van der Waals surface area contributed by atoms with Crippen LogP contribution in [0.4, 0.5) is 0 Å². The van der Waals surface area contributed by atoms with Gasteiger partial charge in [0.15, 0.2) is 0 Å². The zero-order chi connectivity index (χ0) is 15.1. The Hall–Kier alpha value is -1.14. The fourth-order valence-electron chi connectivity index (χ4n) is 2.43. The standard InChI is InChI=1S/C15H25NO4/c1-11-8-12(2)15(20-3)13(9-11)14(19)10-16(4-6-17)5-7-18/h8-9,14,17-19H,4-7,10H2,1-3H3. The first-order chi connectivity index (χ1) is 9.53. The van der Waals surface area contributed by atoms with E-state index in [1.807, 2.05) is 30.9 Å². The Morgan fingerprint density at radius 1 is 1.15 bits per heavy atom. The zero-order valence-corrected chi connectivity index (χ0v) is 12.5. The van der Waals surface area contributed by atoms with Gasteiger partial charge in [-0.1, -0.05) is 11.6 Å². The van der Waals surface area contributed by atoms with Gasteiger partial charge in [-0.3, -0.25) is 4.90 Å². The number of nitrogens with zero attached hydrogens (tertiary/aromatic N) is 1. The van der Waals surface area contributed by atoms with Gasteiger partial charge in [0, 0.05) is 25.2 Å². The summed E-state index contributed by atoms with van der Waals surface area (Å²) < 4.78 is 5.38. The zero-order valence-electron chi connectivity index (χ0n) is 12.5. The van der Waals surface area contributed by atoms with Crippen molar-refractivity contribution in [1.29, 1.82) is 0 Å². The van der Waals surface area contributed by atoms with Crippen molar-refractivity contribution in [2.45, 2.75) is 20.0 Å². The van der Waals surface area contributed by atoms with Crippen molar-refractivity contribution in [3.8, 4) is 5.75 Å². The summed E-state index contributed by atoms with van der Waals surface area (Å²) in [6.07, 6.45) is -0.721. The molecule has 0 aliphatic heterocycles. The molecule has 5 heteroatoms. The molecule has 1 unspecified atom stereocenters. The monoisotopic (exact) mass is 283 g/mol. The summed E-state index contributed by atoms with van der Waals surface area (Å²) >= 11 is 0. The number of aryl methyl sites for hydroxylation is 2. The number of benzene rings is 1. The number of rotatable bonds is 8. The fraction of sp³-hybridized carbons (Fsp3) is 0.600. The van der Waals surface area contributed by atoms with Crippen LogP contribution in [0.15, 0.2) is 12.1 Å². The molecule has 114 valence electrons. The second kappa shape index (κ2) is 8.21. The van der Waals surface area contributed by atoms with Crippen LogP contribution in [0.3, 0.4) is 0 Å². The summed E-state index contributed by atoms with van der Waals surface area (Å²) in [7, 11) is 1.59. The highest BCUT2D eigenvalue weighted by Gasteiger charge is 2.18. The maximum Gasteiger partial charge on any atom is 0.127 e. The van der Waals surface area contributed by atoms with E-state index in [9.17, 15) is 5.11 Å². The van der Waals surface area contributed by atoms with Gasteiger partial charge >= 0.3 is 0 Å². The highest BCUT2D eigenvalue weighted by molar-refractivity contribution is 5.45. The van der Waals surface area contributed by atoms with Crippen LogP contribution in [-0.4, -0.2) is 60.2 Å². The van der Waals surface area contributed by atoms with Gasteiger partial charge in [0.05, 0.1) is 26.4 Å². The van der Waals surface area contributed by atoms with Gasteiger partial charge in [-0.15, -0.1) is 0 Å². The number of hydrogen-bond acceptors (Lipinski definition) is 5. The number of methoxy groups -OCH3 is 1. The molecule has 0 radical (unpaired) electrons. The van der Waals surface area contributed by atoms with Gasteiger partial charge in [-0.05, 0) is 25.5 Å². The molecule has 0 fully saturated rings. The van der Waals surface area contributed by atoms with Crippen LogP contribution in [0.5, 0.6) is 5.75 Å². The van der Waals surface area contributed by atoms with E-state index in [0.717, 1.165) is 16.7 Å². The summed E-state index contributed by atoms with van der Waals surface area (Å²) in [5, 5.41) is 28.4. The molecule has 1 aromatic carbocycles. The van der Waals surface area contributed by atoms with Crippen LogP contribution in [0, 0.1) is 13.8 Å². The van der Waals surface area contributed by atoms with Crippen LogP contribution < -0.4 is 4.74 Å². The molecule has 0 aromatic heterocycles. The first kappa shape index (κ1) is 16.9.